The van der Waals surface area contributed by atoms with Crippen LogP contribution in [0, 0.1) is 0 Å². The third-order valence-corrected chi connectivity index (χ3v) is 3.31. The van der Waals surface area contributed by atoms with Crippen molar-refractivity contribution in [3.8, 4) is 0 Å². The van der Waals surface area contributed by atoms with Crippen LogP contribution in [0.2, 0.25) is 0 Å². The van der Waals surface area contributed by atoms with Crippen molar-refractivity contribution >= 4 is 0 Å². The first-order valence-electron chi connectivity index (χ1n) is 6.99. The number of rotatable bonds is 8. The first-order chi connectivity index (χ1) is 8.24. The molecule has 0 saturated heterocycles. The molecule has 0 amide bonds. The Bertz CT molecular complexity index is 286. The number of aliphatic hydroxyl groups is 1. The van der Waals surface area contributed by atoms with Crippen molar-refractivity contribution in [1.29, 1.82) is 0 Å². The van der Waals surface area contributed by atoms with Gasteiger partial charge in [0.2, 0.25) is 0 Å². The molecule has 1 aliphatic rings. The first-order valence-corrected chi connectivity index (χ1v) is 6.99. The van der Waals surface area contributed by atoms with Gasteiger partial charge in [-0.3, -0.25) is 0 Å². The second-order valence-corrected chi connectivity index (χ2v) is 4.97. The van der Waals surface area contributed by atoms with Crippen molar-refractivity contribution in [1.82, 2.24) is 0 Å². The molecule has 1 unspecified atom stereocenters. The molecule has 1 nitrogen and oxygen atoms in total. The van der Waals surface area contributed by atoms with Crippen LogP contribution in [0.3, 0.4) is 0 Å². The lowest BCUT2D eigenvalue weighted by Crippen LogP contribution is -2.07. The predicted molar refractivity (Wildman–Crippen MR) is 75.0 cm³/mol. The molecule has 0 aromatic heterocycles. The van der Waals surface area contributed by atoms with Crippen LogP contribution in [0.5, 0.6) is 0 Å². The zero-order valence-electron chi connectivity index (χ0n) is 11.1. The molecule has 1 rings (SSSR count). The van der Waals surface area contributed by atoms with Crippen molar-refractivity contribution in [2.75, 3.05) is 0 Å². The van der Waals surface area contributed by atoms with Crippen molar-refractivity contribution < 1.29 is 5.11 Å². The number of unbranched alkanes of at least 4 members (excludes halogenated alkanes) is 6. The van der Waals surface area contributed by atoms with E-state index in [1.165, 1.54) is 50.5 Å². The molecule has 0 saturated carbocycles. The Labute approximate surface area is 106 Å². The maximum absolute atomic E-state index is 9.46. The molecule has 17 heavy (non-hydrogen) atoms. The van der Waals surface area contributed by atoms with Crippen LogP contribution >= 0.6 is 0 Å². The van der Waals surface area contributed by atoms with Gasteiger partial charge in [-0.2, -0.15) is 0 Å². The summed E-state index contributed by atoms with van der Waals surface area (Å²) in [6, 6.07) is 0. The largest absolute Gasteiger partial charge is 0.384 e. The fourth-order valence-corrected chi connectivity index (χ4v) is 2.15. The molecule has 0 aliphatic heterocycles. The van der Waals surface area contributed by atoms with Gasteiger partial charge >= 0.3 is 0 Å². The SMILES string of the molecule is C=C1C=C(CCCCCCCCC)C=CC1O. The summed E-state index contributed by atoms with van der Waals surface area (Å²) in [5.41, 5.74) is 2.14. The quantitative estimate of drug-likeness (QED) is 0.611. The van der Waals surface area contributed by atoms with Crippen molar-refractivity contribution in [2.45, 2.75) is 64.4 Å². The summed E-state index contributed by atoms with van der Waals surface area (Å²) < 4.78 is 0. The molecule has 96 valence electrons. The Hall–Kier alpha value is -0.820. The minimum Gasteiger partial charge on any atom is -0.384 e. The van der Waals surface area contributed by atoms with Crippen molar-refractivity contribution in [3.63, 3.8) is 0 Å². The fraction of sp³-hybridized carbons (Fsp3) is 0.625. The Balaban J connectivity index is 2.05. The van der Waals surface area contributed by atoms with Gasteiger partial charge in [0.1, 0.15) is 0 Å². The van der Waals surface area contributed by atoms with E-state index in [4.69, 9.17) is 0 Å². The summed E-state index contributed by atoms with van der Waals surface area (Å²) in [7, 11) is 0. The van der Waals surface area contributed by atoms with Crippen LogP contribution in [-0.2, 0) is 0 Å². The van der Waals surface area contributed by atoms with E-state index in [-0.39, 0.29) is 0 Å². The highest BCUT2D eigenvalue weighted by Gasteiger charge is 2.08. The van der Waals surface area contributed by atoms with Gasteiger partial charge in [0, 0.05) is 0 Å². The lowest BCUT2D eigenvalue weighted by Gasteiger charge is -2.13. The molecule has 1 heteroatoms. The van der Waals surface area contributed by atoms with Crippen molar-refractivity contribution in [3.05, 3.63) is 36.0 Å². The molecule has 0 aromatic carbocycles. The molecule has 0 spiro atoms. The van der Waals surface area contributed by atoms with E-state index in [1.54, 1.807) is 0 Å². The third kappa shape index (κ3) is 5.88. The predicted octanol–water partition coefficient (Wildman–Crippen LogP) is 4.54. The van der Waals surface area contributed by atoms with Crippen LogP contribution < -0.4 is 0 Å². The van der Waals surface area contributed by atoms with Gasteiger partial charge in [-0.15, -0.1) is 0 Å². The van der Waals surface area contributed by atoms with Gasteiger partial charge < -0.3 is 5.11 Å². The van der Waals surface area contributed by atoms with Crippen LogP contribution in [0.4, 0.5) is 0 Å². The van der Waals surface area contributed by atoms with Gasteiger partial charge in [0.25, 0.3) is 0 Å². The Morgan fingerprint density at radius 2 is 1.76 bits per heavy atom. The summed E-state index contributed by atoms with van der Waals surface area (Å²) in [6.07, 6.45) is 16.0. The van der Waals surface area contributed by atoms with Crippen LogP contribution in [-0.4, -0.2) is 11.2 Å². The number of aliphatic hydroxyl groups excluding tert-OH is 1. The summed E-state index contributed by atoms with van der Waals surface area (Å²) in [5.74, 6) is 0. The van der Waals surface area contributed by atoms with Gasteiger partial charge in [0.15, 0.2) is 0 Å². The highest BCUT2D eigenvalue weighted by molar-refractivity contribution is 5.38. The van der Waals surface area contributed by atoms with Crippen LogP contribution in [0.15, 0.2) is 36.0 Å². The van der Waals surface area contributed by atoms with Crippen molar-refractivity contribution in [2.24, 2.45) is 0 Å². The minimum absolute atomic E-state index is 0.465. The topological polar surface area (TPSA) is 20.2 Å². The lowest BCUT2D eigenvalue weighted by molar-refractivity contribution is 0.262. The smallest absolute Gasteiger partial charge is 0.0969 e. The van der Waals surface area contributed by atoms with E-state index in [1.807, 2.05) is 18.2 Å². The number of allylic oxidation sites excluding steroid dienone is 2. The van der Waals surface area contributed by atoms with Gasteiger partial charge in [-0.05, 0) is 24.0 Å². The third-order valence-electron chi connectivity index (χ3n) is 3.31. The minimum atomic E-state index is -0.465. The Morgan fingerprint density at radius 3 is 2.41 bits per heavy atom. The van der Waals surface area contributed by atoms with Gasteiger partial charge in [-0.25, -0.2) is 0 Å². The van der Waals surface area contributed by atoms with Gasteiger partial charge in [0.05, 0.1) is 6.10 Å². The average molecular weight is 234 g/mol. The molecule has 1 aliphatic carbocycles. The van der Waals surface area contributed by atoms with E-state index in [2.05, 4.69) is 13.5 Å². The maximum atomic E-state index is 9.46. The van der Waals surface area contributed by atoms with E-state index in [0.717, 1.165) is 12.0 Å². The molecular weight excluding hydrogens is 208 g/mol. The van der Waals surface area contributed by atoms with Gasteiger partial charge in [-0.1, -0.05) is 70.3 Å². The molecule has 0 bridgehead atoms. The second-order valence-electron chi connectivity index (χ2n) is 4.97. The summed E-state index contributed by atoms with van der Waals surface area (Å²) >= 11 is 0. The zero-order valence-corrected chi connectivity index (χ0v) is 11.1. The monoisotopic (exact) mass is 234 g/mol. The molecule has 1 atom stereocenters. The maximum Gasteiger partial charge on any atom is 0.0969 e. The first kappa shape index (κ1) is 14.2. The number of hydrogen-bond acceptors (Lipinski definition) is 1. The Kier molecular flexibility index (Phi) is 6.95. The lowest BCUT2D eigenvalue weighted by atomic mass is 9.96. The fourth-order valence-electron chi connectivity index (χ4n) is 2.15. The average Bonchev–Trinajstić information content (AvgIpc) is 2.32. The van der Waals surface area contributed by atoms with E-state index in [0.29, 0.717) is 0 Å². The van der Waals surface area contributed by atoms with E-state index in [9.17, 15) is 5.11 Å². The molecule has 0 aromatic rings. The summed E-state index contributed by atoms with van der Waals surface area (Å²) in [5, 5.41) is 9.46. The highest BCUT2D eigenvalue weighted by Crippen LogP contribution is 2.20. The molecule has 0 heterocycles. The van der Waals surface area contributed by atoms with Crippen LogP contribution in [0.25, 0.3) is 0 Å². The molecule has 0 radical (unpaired) electrons. The number of hydrogen-bond donors (Lipinski definition) is 1. The zero-order chi connectivity index (χ0) is 12.5. The second kappa shape index (κ2) is 8.30. The molecular formula is C16H26O. The summed E-state index contributed by atoms with van der Waals surface area (Å²) in [6.45, 7) is 6.10. The molecule has 0 fully saturated rings. The van der Waals surface area contributed by atoms with E-state index < -0.39 is 6.10 Å². The molecule has 1 N–H and O–H groups in total. The van der Waals surface area contributed by atoms with Crippen LogP contribution in [0.1, 0.15) is 58.3 Å². The standard InChI is InChI=1S/C16H26O/c1-3-4-5-6-7-8-9-10-15-11-12-16(17)14(2)13-15/h11-13,16-17H,2-10H2,1H3. The summed E-state index contributed by atoms with van der Waals surface area (Å²) in [4.78, 5) is 0. The highest BCUT2D eigenvalue weighted by atomic mass is 16.3. The Morgan fingerprint density at radius 1 is 1.12 bits per heavy atom. The van der Waals surface area contributed by atoms with E-state index >= 15 is 0 Å². The normalized spacial score (nSPS) is 19.5.